The highest BCUT2D eigenvalue weighted by Crippen LogP contribution is 2.32. The minimum absolute atomic E-state index is 0.0496. The van der Waals surface area contributed by atoms with Gasteiger partial charge in [0.05, 0.1) is 6.54 Å². The number of rotatable bonds is 8. The van der Waals surface area contributed by atoms with E-state index >= 15 is 0 Å². The van der Waals surface area contributed by atoms with Crippen LogP contribution in [0.2, 0.25) is 0 Å². The van der Waals surface area contributed by atoms with Crippen LogP contribution in [-0.2, 0) is 16.0 Å². The van der Waals surface area contributed by atoms with Crippen molar-refractivity contribution in [2.45, 2.75) is 25.7 Å². The molecule has 2 amide bonds. The van der Waals surface area contributed by atoms with Crippen LogP contribution in [0.25, 0.3) is 0 Å². The summed E-state index contributed by atoms with van der Waals surface area (Å²) in [6.45, 7) is 0.965. The van der Waals surface area contributed by atoms with E-state index in [1.165, 1.54) is 5.56 Å². The highest BCUT2D eigenvalue weighted by Gasteiger charge is 2.13. The molecular formula is C21H24N2O4. The van der Waals surface area contributed by atoms with Crippen LogP contribution in [0.1, 0.15) is 24.8 Å². The SMILES string of the molecule is O=C(CCCCc1ccccc1)NCC(=O)Nc1ccc2c(c1)OCCO2. The third-order valence-electron chi connectivity index (χ3n) is 4.23. The first-order chi connectivity index (χ1) is 13.2. The first-order valence-corrected chi connectivity index (χ1v) is 9.21. The van der Waals surface area contributed by atoms with Gasteiger partial charge in [0.1, 0.15) is 13.2 Å². The summed E-state index contributed by atoms with van der Waals surface area (Å²) < 4.78 is 10.9. The summed E-state index contributed by atoms with van der Waals surface area (Å²) in [7, 11) is 0. The number of hydrogen-bond acceptors (Lipinski definition) is 4. The molecule has 27 heavy (non-hydrogen) atoms. The van der Waals surface area contributed by atoms with Gasteiger partial charge in [-0.05, 0) is 37.0 Å². The molecule has 1 aliphatic heterocycles. The average Bonchev–Trinajstić information content (AvgIpc) is 2.70. The Morgan fingerprint density at radius 1 is 0.889 bits per heavy atom. The lowest BCUT2D eigenvalue weighted by Gasteiger charge is -2.19. The molecule has 0 radical (unpaired) electrons. The molecule has 0 saturated carbocycles. The zero-order chi connectivity index (χ0) is 18.9. The molecule has 2 aromatic carbocycles. The summed E-state index contributed by atoms with van der Waals surface area (Å²) in [5.41, 5.74) is 1.89. The molecule has 0 saturated heterocycles. The number of amides is 2. The summed E-state index contributed by atoms with van der Waals surface area (Å²) in [6.07, 6.45) is 3.12. The lowest BCUT2D eigenvalue weighted by atomic mass is 10.1. The van der Waals surface area contributed by atoms with Crippen LogP contribution >= 0.6 is 0 Å². The largest absolute Gasteiger partial charge is 0.486 e. The van der Waals surface area contributed by atoms with E-state index in [4.69, 9.17) is 9.47 Å². The summed E-state index contributed by atoms with van der Waals surface area (Å²) in [6, 6.07) is 15.4. The van der Waals surface area contributed by atoms with Gasteiger partial charge in [0.15, 0.2) is 11.5 Å². The van der Waals surface area contributed by atoms with Crippen LogP contribution in [0.3, 0.4) is 0 Å². The van der Waals surface area contributed by atoms with Gasteiger partial charge in [-0.2, -0.15) is 0 Å². The topological polar surface area (TPSA) is 76.7 Å². The molecule has 0 aromatic heterocycles. The van der Waals surface area contributed by atoms with Gasteiger partial charge in [-0.3, -0.25) is 9.59 Å². The Morgan fingerprint density at radius 3 is 2.48 bits per heavy atom. The molecule has 0 bridgehead atoms. The quantitative estimate of drug-likeness (QED) is 0.703. The van der Waals surface area contributed by atoms with Gasteiger partial charge in [0.25, 0.3) is 0 Å². The number of nitrogens with one attached hydrogen (secondary N) is 2. The molecular weight excluding hydrogens is 344 g/mol. The van der Waals surface area contributed by atoms with Crippen molar-refractivity contribution in [3.63, 3.8) is 0 Å². The normalized spacial score (nSPS) is 12.3. The lowest BCUT2D eigenvalue weighted by molar-refractivity contribution is -0.124. The molecule has 1 aliphatic rings. The van der Waals surface area contributed by atoms with Gasteiger partial charge >= 0.3 is 0 Å². The number of ether oxygens (including phenoxy) is 2. The maximum atomic E-state index is 12.0. The zero-order valence-electron chi connectivity index (χ0n) is 15.2. The number of hydrogen-bond donors (Lipinski definition) is 2. The first-order valence-electron chi connectivity index (χ1n) is 9.21. The second-order valence-corrected chi connectivity index (χ2v) is 6.38. The van der Waals surface area contributed by atoms with Gasteiger partial charge in [-0.25, -0.2) is 0 Å². The molecule has 2 N–H and O–H groups in total. The molecule has 0 unspecified atom stereocenters. The molecule has 0 fully saturated rings. The van der Waals surface area contributed by atoms with Crippen molar-refractivity contribution >= 4 is 17.5 Å². The van der Waals surface area contributed by atoms with Crippen molar-refractivity contribution in [1.29, 1.82) is 0 Å². The van der Waals surface area contributed by atoms with Crippen molar-refractivity contribution < 1.29 is 19.1 Å². The summed E-state index contributed by atoms with van der Waals surface area (Å²) >= 11 is 0. The fourth-order valence-corrected chi connectivity index (χ4v) is 2.85. The molecule has 3 rings (SSSR count). The Kier molecular flexibility index (Phi) is 6.68. The van der Waals surface area contributed by atoms with E-state index in [9.17, 15) is 9.59 Å². The van der Waals surface area contributed by atoms with E-state index in [1.807, 2.05) is 18.2 Å². The molecule has 142 valence electrons. The second kappa shape index (κ2) is 9.62. The van der Waals surface area contributed by atoms with Crippen LogP contribution in [0.5, 0.6) is 11.5 Å². The van der Waals surface area contributed by atoms with E-state index in [1.54, 1.807) is 18.2 Å². The smallest absolute Gasteiger partial charge is 0.243 e. The number of benzene rings is 2. The Labute approximate surface area is 158 Å². The zero-order valence-corrected chi connectivity index (χ0v) is 15.2. The molecule has 6 nitrogen and oxygen atoms in total. The number of unbranched alkanes of at least 4 members (excludes halogenated alkanes) is 1. The Balaban J connectivity index is 1.33. The molecule has 0 atom stereocenters. The van der Waals surface area contributed by atoms with Crippen LogP contribution in [0.4, 0.5) is 5.69 Å². The van der Waals surface area contributed by atoms with Gasteiger partial charge in [0.2, 0.25) is 11.8 Å². The van der Waals surface area contributed by atoms with E-state index in [-0.39, 0.29) is 18.4 Å². The number of anilines is 1. The van der Waals surface area contributed by atoms with Crippen LogP contribution in [0.15, 0.2) is 48.5 Å². The molecule has 1 heterocycles. The number of aryl methyl sites for hydroxylation is 1. The van der Waals surface area contributed by atoms with E-state index in [2.05, 4.69) is 22.8 Å². The van der Waals surface area contributed by atoms with Crippen molar-refractivity contribution in [3.05, 3.63) is 54.1 Å². The van der Waals surface area contributed by atoms with Crippen molar-refractivity contribution in [2.24, 2.45) is 0 Å². The Hall–Kier alpha value is -3.02. The first kappa shape index (κ1) is 18.8. The van der Waals surface area contributed by atoms with Crippen LogP contribution < -0.4 is 20.1 Å². The summed E-state index contributed by atoms with van der Waals surface area (Å²) in [5, 5.41) is 5.40. The van der Waals surface area contributed by atoms with Crippen LogP contribution in [-0.4, -0.2) is 31.6 Å². The molecule has 0 spiro atoms. The molecule has 0 aliphatic carbocycles. The Bertz CT molecular complexity index is 777. The highest BCUT2D eigenvalue weighted by molar-refractivity contribution is 5.94. The highest BCUT2D eigenvalue weighted by atomic mass is 16.6. The van der Waals surface area contributed by atoms with Gasteiger partial charge < -0.3 is 20.1 Å². The number of carbonyl (C=O) groups is 2. The second-order valence-electron chi connectivity index (χ2n) is 6.38. The monoisotopic (exact) mass is 368 g/mol. The van der Waals surface area contributed by atoms with E-state index < -0.39 is 0 Å². The molecule has 2 aromatic rings. The van der Waals surface area contributed by atoms with Gasteiger partial charge in [-0.15, -0.1) is 0 Å². The fourth-order valence-electron chi connectivity index (χ4n) is 2.85. The molecule has 6 heteroatoms. The lowest BCUT2D eigenvalue weighted by Crippen LogP contribution is -2.32. The maximum Gasteiger partial charge on any atom is 0.243 e. The van der Waals surface area contributed by atoms with Crippen molar-refractivity contribution in [2.75, 3.05) is 25.1 Å². The number of carbonyl (C=O) groups excluding carboxylic acids is 2. The van der Waals surface area contributed by atoms with Crippen LogP contribution in [0, 0.1) is 0 Å². The predicted molar refractivity (Wildman–Crippen MR) is 103 cm³/mol. The minimum atomic E-state index is -0.274. The average molecular weight is 368 g/mol. The van der Waals surface area contributed by atoms with E-state index in [0.29, 0.717) is 36.8 Å². The van der Waals surface area contributed by atoms with Gasteiger partial charge in [-0.1, -0.05) is 30.3 Å². The standard InChI is InChI=1S/C21H24N2O4/c24-20(9-5-4-8-16-6-2-1-3-7-16)22-15-21(25)23-17-10-11-18-19(14-17)27-13-12-26-18/h1-3,6-7,10-11,14H,4-5,8-9,12-13,15H2,(H,22,24)(H,23,25). The third kappa shape index (κ3) is 6.02. The van der Waals surface area contributed by atoms with Crippen molar-refractivity contribution in [1.82, 2.24) is 5.32 Å². The third-order valence-corrected chi connectivity index (χ3v) is 4.23. The summed E-state index contributed by atoms with van der Waals surface area (Å²) in [4.78, 5) is 23.9. The van der Waals surface area contributed by atoms with Gasteiger partial charge in [0, 0.05) is 18.2 Å². The van der Waals surface area contributed by atoms with Crippen molar-refractivity contribution in [3.8, 4) is 11.5 Å². The summed E-state index contributed by atoms with van der Waals surface area (Å²) in [5.74, 6) is 0.897. The fraction of sp³-hybridized carbons (Fsp3) is 0.333. The van der Waals surface area contributed by atoms with E-state index in [0.717, 1.165) is 19.3 Å². The Morgan fingerprint density at radius 2 is 1.67 bits per heavy atom. The maximum absolute atomic E-state index is 12.0. The predicted octanol–water partition coefficient (Wildman–Crippen LogP) is 2.93. The minimum Gasteiger partial charge on any atom is -0.486 e. The number of fused-ring (bicyclic) bond motifs is 1.